The number of fused-ring (bicyclic) bond motifs is 21. The first-order valence-electron chi connectivity index (χ1n) is 42.6. The predicted octanol–water partition coefficient (Wildman–Crippen LogP) is 29.0. The molecule has 21 rings (SSSR count). The van der Waals surface area contributed by atoms with Crippen LogP contribution in [0.15, 0.2) is 262 Å². The van der Waals surface area contributed by atoms with E-state index in [0.717, 1.165) is 16.9 Å². The highest BCUT2D eigenvalue weighted by atomic mass is 15.0. The van der Waals surface area contributed by atoms with Crippen LogP contribution in [0.3, 0.4) is 0 Å². The van der Waals surface area contributed by atoms with Crippen molar-refractivity contribution in [3.63, 3.8) is 0 Å². The van der Waals surface area contributed by atoms with Crippen molar-refractivity contribution in [3.05, 3.63) is 301 Å². The van der Waals surface area contributed by atoms with Crippen molar-refractivity contribution >= 4 is 153 Å². The van der Waals surface area contributed by atoms with Crippen LogP contribution in [0.2, 0.25) is 0 Å². The summed E-state index contributed by atoms with van der Waals surface area (Å²) in [6.45, 7) is 42.9. The zero-order valence-corrected chi connectivity index (χ0v) is 76.1. The molecule has 0 fully saturated rings. The molecule has 0 aliphatic heterocycles. The maximum Gasteiger partial charge on any atom is 0.140 e. The van der Waals surface area contributed by atoms with Crippen molar-refractivity contribution in [2.24, 2.45) is 49.3 Å². The van der Waals surface area contributed by atoms with E-state index in [4.69, 9.17) is 0 Å². The largest absolute Gasteiger partial charge is 0.343 e. The Morgan fingerprint density at radius 1 is 0.185 bits per heavy atom. The summed E-state index contributed by atoms with van der Waals surface area (Å²) in [6, 6.07) is 72.0. The molecular weight excluding hydrogens is 1460 g/mol. The number of hydrogen-bond donors (Lipinski definition) is 0. The van der Waals surface area contributed by atoms with E-state index in [1.165, 1.54) is 175 Å². The minimum atomic E-state index is 1.06. The summed E-state index contributed by atoms with van der Waals surface area (Å²) >= 11 is 0. The van der Waals surface area contributed by atoms with Gasteiger partial charge >= 0.3 is 0 Å². The Balaban J connectivity index is 0.000000169. The summed E-state index contributed by atoms with van der Waals surface area (Å²) in [4.78, 5) is 25.8. The van der Waals surface area contributed by atoms with Crippen LogP contribution in [-0.4, -0.2) is 61.9 Å². The quantitative estimate of drug-likeness (QED) is 0.149. The standard InChI is InChI=1S/C14H13N.6C13H12N2.7C2H6/c1-10-6-5-8-12-11-7-3-4-9-13(11)15(2)14(10)12;1-9-5-3-6-10-12-11(7-4-8-14-12)15(2)13(9)10;1-9-5-3-6-10-11-7-4-8-14-13(11)15(2)12(9)10;1-9-4-3-5-11-10-6-7-14-8-12(10)15(2)13(9)11;1-9-4-3-5-10-11-8-14-7-6-12(11)15(2)13(9)10;1-9-7-14-8-11-10-5-3-4-6-12(10)15(2)13(9)11;1-9-13-11(7-8-14-9)10-5-3-4-6-12(10)15(13)2;7*1-2/h3-9H,1-2H3;6*3-8H,1-2H3;7*1-2H3. The van der Waals surface area contributed by atoms with Crippen molar-refractivity contribution in [3.8, 4) is 0 Å². The lowest BCUT2D eigenvalue weighted by Crippen LogP contribution is -1.90. The minimum Gasteiger partial charge on any atom is -0.343 e. The lowest BCUT2D eigenvalue weighted by molar-refractivity contribution is 0.984. The number of nitrogens with zero attached hydrogens (tertiary/aromatic N) is 13. The fourth-order valence-corrected chi connectivity index (χ4v) is 16.3. The Morgan fingerprint density at radius 2 is 0.496 bits per heavy atom. The van der Waals surface area contributed by atoms with Crippen molar-refractivity contribution in [2.45, 2.75) is 145 Å². The number of benzene rings is 8. The van der Waals surface area contributed by atoms with Gasteiger partial charge in [-0.1, -0.05) is 243 Å². The molecule has 21 aromatic rings. The molecule has 13 heterocycles. The number of aryl methyl sites for hydroxylation is 14. The number of para-hydroxylation sites is 8. The molecule has 8 aromatic carbocycles. The first kappa shape index (κ1) is 91.8. The molecule has 0 atom stereocenters. The molecule has 0 bridgehead atoms. The third kappa shape index (κ3) is 18.5. The van der Waals surface area contributed by atoms with E-state index in [2.05, 4.69) is 354 Å². The fourth-order valence-electron chi connectivity index (χ4n) is 16.3. The fraction of sp³-hybridized carbons (Fsp3) is 0.264. The van der Waals surface area contributed by atoms with Gasteiger partial charge in [-0.15, -0.1) is 0 Å². The molecule has 13 aromatic heterocycles. The van der Waals surface area contributed by atoms with Gasteiger partial charge in [0.2, 0.25) is 0 Å². The van der Waals surface area contributed by atoms with E-state index in [-0.39, 0.29) is 0 Å². The van der Waals surface area contributed by atoms with Crippen LogP contribution in [-0.2, 0) is 49.3 Å². The molecule has 13 heteroatoms. The Bertz CT molecular complexity index is 5710. The third-order valence-electron chi connectivity index (χ3n) is 21.1. The summed E-state index contributed by atoms with van der Waals surface area (Å²) in [5, 5.41) is 16.7. The normalized spacial score (nSPS) is 10.4. The van der Waals surface area contributed by atoms with E-state index in [1.807, 2.05) is 165 Å². The van der Waals surface area contributed by atoms with Crippen molar-refractivity contribution in [1.82, 2.24) is 61.9 Å². The van der Waals surface area contributed by atoms with Gasteiger partial charge in [-0.3, -0.25) is 24.9 Å². The van der Waals surface area contributed by atoms with Crippen LogP contribution in [0, 0.1) is 48.5 Å². The minimum absolute atomic E-state index is 1.06. The predicted molar refractivity (Wildman–Crippen MR) is 522 cm³/mol. The summed E-state index contributed by atoms with van der Waals surface area (Å²) < 4.78 is 15.6. The third-order valence-corrected chi connectivity index (χ3v) is 21.1. The van der Waals surface area contributed by atoms with Crippen LogP contribution >= 0.6 is 0 Å². The molecule has 0 unspecified atom stereocenters. The van der Waals surface area contributed by atoms with Gasteiger partial charge in [0.15, 0.2) is 0 Å². The number of pyridine rings is 6. The van der Waals surface area contributed by atoms with Gasteiger partial charge in [-0.2, -0.15) is 0 Å². The second-order valence-corrected chi connectivity index (χ2v) is 27.5. The summed E-state index contributed by atoms with van der Waals surface area (Å²) in [6.07, 6.45) is 17.0. The van der Waals surface area contributed by atoms with Gasteiger partial charge in [-0.25, -0.2) is 4.98 Å². The molecule has 0 aliphatic carbocycles. The monoisotopic (exact) mass is 1580 g/mol. The molecule has 0 saturated carbocycles. The van der Waals surface area contributed by atoms with Crippen LogP contribution in [0.5, 0.6) is 0 Å². The van der Waals surface area contributed by atoms with Gasteiger partial charge in [0.05, 0.1) is 72.6 Å². The molecule has 616 valence electrons. The molecule has 0 amide bonds. The first-order chi connectivity index (χ1) is 58.0. The highest BCUT2D eigenvalue weighted by molar-refractivity contribution is 6.13. The Morgan fingerprint density at radius 3 is 1.00 bits per heavy atom. The van der Waals surface area contributed by atoms with Crippen LogP contribution < -0.4 is 0 Å². The SMILES string of the molecule is CC.CC.CC.CC.CC.CC.CC.Cc1cccc2c3ccccc3n(C)c12.Cc1cccc2c3cccnc3n(C)c12.Cc1cccc2c3ccncc3n(C)c12.Cc1cccc2c3cnccc3n(C)c12.Cc1cccc2c3ncccc3n(C)c12.Cc1cncc2c3ccccc3n(C)c12.Cc1nccc2c3ccccc3n(C)c12. The molecule has 13 nitrogen and oxygen atoms in total. The lowest BCUT2D eigenvalue weighted by Gasteiger charge is -2.00. The Kier molecular flexibility index (Phi) is 33.5. The second-order valence-electron chi connectivity index (χ2n) is 27.5. The van der Waals surface area contributed by atoms with E-state index >= 15 is 0 Å². The van der Waals surface area contributed by atoms with Crippen molar-refractivity contribution < 1.29 is 0 Å². The average molecular weight is 1580 g/mol. The Labute approximate surface area is 706 Å². The summed E-state index contributed by atoms with van der Waals surface area (Å²) in [5.41, 5.74) is 27.6. The molecule has 0 N–H and O–H groups in total. The Hall–Kier alpha value is -12.7. The van der Waals surface area contributed by atoms with E-state index in [1.54, 1.807) is 0 Å². The van der Waals surface area contributed by atoms with Crippen LogP contribution in [0.4, 0.5) is 0 Å². The van der Waals surface area contributed by atoms with E-state index in [9.17, 15) is 0 Å². The van der Waals surface area contributed by atoms with Gasteiger partial charge in [-0.05, 0) is 143 Å². The van der Waals surface area contributed by atoms with E-state index in [0.29, 0.717) is 0 Å². The van der Waals surface area contributed by atoms with Gasteiger partial charge < -0.3 is 32.0 Å². The highest BCUT2D eigenvalue weighted by Gasteiger charge is 2.16. The number of hydrogen-bond acceptors (Lipinski definition) is 6. The zero-order chi connectivity index (χ0) is 86.9. The maximum atomic E-state index is 4.45. The molecular formula is C106H127N13. The number of rotatable bonds is 0. The smallest absolute Gasteiger partial charge is 0.140 e. The molecule has 0 spiro atoms. The van der Waals surface area contributed by atoms with Crippen LogP contribution in [0.25, 0.3) is 153 Å². The lowest BCUT2D eigenvalue weighted by atomic mass is 10.1. The van der Waals surface area contributed by atoms with E-state index < -0.39 is 0 Å². The summed E-state index contributed by atoms with van der Waals surface area (Å²) in [5.74, 6) is 0. The molecule has 0 saturated heterocycles. The molecule has 0 radical (unpaired) electrons. The molecule has 0 aliphatic rings. The number of aromatic nitrogens is 13. The zero-order valence-electron chi connectivity index (χ0n) is 76.1. The topological polar surface area (TPSA) is 112 Å². The second kappa shape index (κ2) is 43.5. The van der Waals surface area contributed by atoms with Crippen molar-refractivity contribution in [1.29, 1.82) is 0 Å². The average Bonchev–Trinajstić information content (AvgIpc) is 1.67. The molecule has 119 heavy (non-hydrogen) atoms. The van der Waals surface area contributed by atoms with Crippen LogP contribution in [0.1, 0.15) is 136 Å². The maximum absolute atomic E-state index is 4.45. The van der Waals surface area contributed by atoms with Gasteiger partial charge in [0.1, 0.15) is 5.65 Å². The van der Waals surface area contributed by atoms with Gasteiger partial charge in [0, 0.05) is 185 Å². The highest BCUT2D eigenvalue weighted by Crippen LogP contribution is 2.36. The van der Waals surface area contributed by atoms with Gasteiger partial charge in [0.25, 0.3) is 0 Å². The van der Waals surface area contributed by atoms with Crippen molar-refractivity contribution in [2.75, 3.05) is 0 Å². The summed E-state index contributed by atoms with van der Waals surface area (Å²) in [7, 11) is 14.7. The first-order valence-corrected chi connectivity index (χ1v) is 42.6.